The summed E-state index contributed by atoms with van der Waals surface area (Å²) >= 11 is 0. The molecule has 0 saturated carbocycles. The molecule has 0 fully saturated rings. The summed E-state index contributed by atoms with van der Waals surface area (Å²) in [4.78, 5) is 4.23. The van der Waals surface area contributed by atoms with Crippen molar-refractivity contribution in [2.24, 2.45) is 0 Å². The number of halogens is 1. The first kappa shape index (κ1) is 10.8. The fraction of sp³-hybridized carbons (Fsp3) is 0.154. The van der Waals surface area contributed by atoms with Gasteiger partial charge < -0.3 is 5.11 Å². The van der Waals surface area contributed by atoms with Crippen LogP contribution in [0.4, 0.5) is 4.39 Å². The predicted molar refractivity (Wildman–Crippen MR) is 60.4 cm³/mol. The Hall–Kier alpha value is -1.74. The zero-order valence-corrected chi connectivity index (χ0v) is 8.73. The molecule has 1 aromatic carbocycles. The van der Waals surface area contributed by atoms with E-state index >= 15 is 0 Å². The van der Waals surface area contributed by atoms with E-state index in [9.17, 15) is 4.39 Å². The topological polar surface area (TPSA) is 33.1 Å². The lowest BCUT2D eigenvalue weighted by Gasteiger charge is -2.07. The lowest BCUT2D eigenvalue weighted by atomic mass is 10.0. The van der Waals surface area contributed by atoms with E-state index < -0.39 is 0 Å². The van der Waals surface area contributed by atoms with Crippen molar-refractivity contribution in [1.82, 2.24) is 4.98 Å². The maximum Gasteiger partial charge on any atom is 0.123 e. The van der Waals surface area contributed by atoms with Crippen LogP contribution in [0.25, 0.3) is 11.3 Å². The Morgan fingerprint density at radius 1 is 1.19 bits per heavy atom. The molecule has 3 heteroatoms. The van der Waals surface area contributed by atoms with E-state index in [1.807, 2.05) is 18.2 Å². The van der Waals surface area contributed by atoms with Gasteiger partial charge in [0.15, 0.2) is 0 Å². The molecule has 2 rings (SSSR count). The van der Waals surface area contributed by atoms with E-state index in [2.05, 4.69) is 4.98 Å². The molecule has 2 aromatic rings. The monoisotopic (exact) mass is 217 g/mol. The number of aliphatic hydroxyl groups is 1. The number of hydrogen-bond acceptors (Lipinski definition) is 2. The highest BCUT2D eigenvalue weighted by Gasteiger charge is 2.06. The molecule has 0 bridgehead atoms. The van der Waals surface area contributed by atoms with Gasteiger partial charge in [-0.25, -0.2) is 4.39 Å². The lowest BCUT2D eigenvalue weighted by molar-refractivity contribution is 0.299. The highest BCUT2D eigenvalue weighted by atomic mass is 19.1. The first-order chi connectivity index (χ1) is 7.81. The standard InChI is InChI=1S/C13H12FNO/c14-12-5-1-3-11(9-12)13-10(6-8-16)4-2-7-15-13/h1-5,7,9,16H,6,8H2. The SMILES string of the molecule is OCCc1cccnc1-c1cccc(F)c1. The van der Waals surface area contributed by atoms with Gasteiger partial charge in [0.1, 0.15) is 5.82 Å². The van der Waals surface area contributed by atoms with Crippen LogP contribution in [0.1, 0.15) is 5.56 Å². The average Bonchev–Trinajstić information content (AvgIpc) is 2.30. The van der Waals surface area contributed by atoms with Crippen LogP contribution in [0, 0.1) is 5.82 Å². The highest BCUT2D eigenvalue weighted by molar-refractivity contribution is 5.62. The number of hydrogen-bond donors (Lipinski definition) is 1. The summed E-state index contributed by atoms with van der Waals surface area (Å²) in [6.07, 6.45) is 2.20. The van der Waals surface area contributed by atoms with Crippen molar-refractivity contribution in [2.75, 3.05) is 6.61 Å². The summed E-state index contributed by atoms with van der Waals surface area (Å²) in [6, 6.07) is 10.0. The number of nitrogens with zero attached hydrogens (tertiary/aromatic N) is 1. The molecule has 0 aliphatic carbocycles. The van der Waals surface area contributed by atoms with Crippen LogP contribution in [-0.4, -0.2) is 16.7 Å². The van der Waals surface area contributed by atoms with E-state index in [0.29, 0.717) is 6.42 Å². The van der Waals surface area contributed by atoms with Crippen molar-refractivity contribution in [3.05, 3.63) is 54.0 Å². The third-order valence-electron chi connectivity index (χ3n) is 2.37. The van der Waals surface area contributed by atoms with Crippen LogP contribution in [0.3, 0.4) is 0 Å². The molecule has 1 heterocycles. The number of aliphatic hydroxyl groups excluding tert-OH is 1. The van der Waals surface area contributed by atoms with Crippen molar-refractivity contribution in [2.45, 2.75) is 6.42 Å². The van der Waals surface area contributed by atoms with Gasteiger partial charge in [0.2, 0.25) is 0 Å². The minimum atomic E-state index is -0.280. The van der Waals surface area contributed by atoms with Gasteiger partial charge in [-0.2, -0.15) is 0 Å². The van der Waals surface area contributed by atoms with Gasteiger partial charge in [-0.3, -0.25) is 4.98 Å². The van der Waals surface area contributed by atoms with Crippen molar-refractivity contribution < 1.29 is 9.50 Å². The third kappa shape index (κ3) is 2.25. The second-order valence-electron chi connectivity index (χ2n) is 3.50. The van der Waals surface area contributed by atoms with Gasteiger partial charge in [-0.1, -0.05) is 18.2 Å². The minimum Gasteiger partial charge on any atom is -0.396 e. The Kier molecular flexibility index (Phi) is 3.27. The fourth-order valence-corrected chi connectivity index (χ4v) is 1.66. The van der Waals surface area contributed by atoms with Crippen LogP contribution >= 0.6 is 0 Å². The van der Waals surface area contributed by atoms with Gasteiger partial charge in [0.05, 0.1) is 5.69 Å². The molecule has 16 heavy (non-hydrogen) atoms. The number of aromatic nitrogens is 1. The molecule has 1 N–H and O–H groups in total. The Labute approximate surface area is 93.4 Å². The van der Waals surface area contributed by atoms with Crippen molar-refractivity contribution in [3.8, 4) is 11.3 Å². The van der Waals surface area contributed by atoms with Gasteiger partial charge in [0, 0.05) is 18.4 Å². The molecule has 0 saturated heterocycles. The largest absolute Gasteiger partial charge is 0.396 e. The molecule has 2 nitrogen and oxygen atoms in total. The molecule has 0 atom stereocenters. The van der Waals surface area contributed by atoms with Crippen LogP contribution in [0.2, 0.25) is 0 Å². The molecular formula is C13H12FNO. The van der Waals surface area contributed by atoms with Gasteiger partial charge in [-0.05, 0) is 30.2 Å². The van der Waals surface area contributed by atoms with Crippen molar-refractivity contribution in [1.29, 1.82) is 0 Å². The summed E-state index contributed by atoms with van der Waals surface area (Å²) in [5, 5.41) is 8.94. The van der Waals surface area contributed by atoms with E-state index in [-0.39, 0.29) is 12.4 Å². The Morgan fingerprint density at radius 3 is 2.81 bits per heavy atom. The molecule has 0 aliphatic heterocycles. The summed E-state index contributed by atoms with van der Waals surface area (Å²) < 4.78 is 13.1. The summed E-state index contributed by atoms with van der Waals surface area (Å²) in [5.41, 5.74) is 2.40. The number of pyridine rings is 1. The molecule has 1 aromatic heterocycles. The third-order valence-corrected chi connectivity index (χ3v) is 2.37. The van der Waals surface area contributed by atoms with Crippen LogP contribution in [-0.2, 0) is 6.42 Å². The molecule has 82 valence electrons. The summed E-state index contributed by atoms with van der Waals surface area (Å²) in [6.45, 7) is 0.0635. The maximum absolute atomic E-state index is 13.1. The zero-order valence-electron chi connectivity index (χ0n) is 8.73. The highest BCUT2D eigenvalue weighted by Crippen LogP contribution is 2.21. The Morgan fingerprint density at radius 2 is 2.06 bits per heavy atom. The second kappa shape index (κ2) is 4.86. The fourth-order valence-electron chi connectivity index (χ4n) is 1.66. The lowest BCUT2D eigenvalue weighted by Crippen LogP contribution is -1.96. The normalized spacial score (nSPS) is 10.4. The average molecular weight is 217 g/mol. The molecular weight excluding hydrogens is 205 g/mol. The summed E-state index contributed by atoms with van der Waals surface area (Å²) in [7, 11) is 0. The van der Waals surface area contributed by atoms with E-state index in [0.717, 1.165) is 16.8 Å². The predicted octanol–water partition coefficient (Wildman–Crippen LogP) is 2.42. The van der Waals surface area contributed by atoms with Crippen LogP contribution in [0.15, 0.2) is 42.6 Å². The second-order valence-corrected chi connectivity index (χ2v) is 3.50. The van der Waals surface area contributed by atoms with Crippen LogP contribution < -0.4 is 0 Å². The molecule has 0 spiro atoms. The first-order valence-electron chi connectivity index (χ1n) is 5.12. The first-order valence-corrected chi connectivity index (χ1v) is 5.12. The van der Waals surface area contributed by atoms with E-state index in [1.165, 1.54) is 12.1 Å². The van der Waals surface area contributed by atoms with E-state index in [1.54, 1.807) is 12.3 Å². The van der Waals surface area contributed by atoms with Crippen LogP contribution in [0.5, 0.6) is 0 Å². The molecule has 0 aliphatic rings. The number of rotatable bonds is 3. The zero-order chi connectivity index (χ0) is 11.4. The van der Waals surface area contributed by atoms with Gasteiger partial charge >= 0.3 is 0 Å². The van der Waals surface area contributed by atoms with Gasteiger partial charge in [0.25, 0.3) is 0 Å². The quantitative estimate of drug-likeness (QED) is 0.856. The smallest absolute Gasteiger partial charge is 0.123 e. The minimum absolute atomic E-state index is 0.0635. The Balaban J connectivity index is 2.46. The van der Waals surface area contributed by atoms with E-state index in [4.69, 9.17) is 5.11 Å². The summed E-state index contributed by atoms with van der Waals surface area (Å²) in [5.74, 6) is -0.280. The molecule has 0 amide bonds. The Bertz CT molecular complexity index is 485. The molecule has 0 radical (unpaired) electrons. The van der Waals surface area contributed by atoms with Gasteiger partial charge in [-0.15, -0.1) is 0 Å². The van der Waals surface area contributed by atoms with Crippen molar-refractivity contribution in [3.63, 3.8) is 0 Å². The maximum atomic E-state index is 13.1. The molecule has 0 unspecified atom stereocenters. The number of benzene rings is 1. The van der Waals surface area contributed by atoms with Crippen molar-refractivity contribution >= 4 is 0 Å².